The smallest absolute Gasteiger partial charge is 0.163 e. The number of anilines is 1. The topological polar surface area (TPSA) is 40.5 Å². The molecule has 0 fully saturated rings. The average Bonchev–Trinajstić information content (AvgIpc) is 2.46. The number of nitrogens with zero attached hydrogens (tertiary/aromatic N) is 1. The molecule has 110 valence electrons. The van der Waals surface area contributed by atoms with Gasteiger partial charge in [-0.2, -0.15) is 0 Å². The predicted octanol–water partition coefficient (Wildman–Crippen LogP) is 4.45. The molecule has 4 heteroatoms. The molecule has 2 aromatic rings. The number of hydrogen-bond acceptors (Lipinski definition) is 3. The van der Waals surface area contributed by atoms with Crippen LogP contribution in [-0.2, 0) is 0 Å². The number of phenols is 1. The molecule has 0 amide bonds. The van der Waals surface area contributed by atoms with E-state index in [9.17, 15) is 9.90 Å². The van der Waals surface area contributed by atoms with Crippen LogP contribution in [0.1, 0.15) is 35.8 Å². The summed E-state index contributed by atoms with van der Waals surface area (Å²) in [6.45, 7) is 3.51. The fraction of sp³-hybridized carbons (Fsp3) is 0.235. The molecule has 0 heterocycles. The van der Waals surface area contributed by atoms with Crippen molar-refractivity contribution in [1.82, 2.24) is 0 Å². The first-order valence-electron chi connectivity index (χ1n) is 6.72. The highest BCUT2D eigenvalue weighted by molar-refractivity contribution is 6.30. The highest BCUT2D eigenvalue weighted by Gasteiger charge is 2.15. The van der Waals surface area contributed by atoms with E-state index in [0.717, 1.165) is 11.3 Å². The molecule has 0 aliphatic rings. The Morgan fingerprint density at radius 2 is 1.81 bits per heavy atom. The molecule has 2 rings (SSSR count). The number of phenolic OH excluding ortho intramolecular Hbond substituents is 1. The second-order valence-corrected chi connectivity index (χ2v) is 5.53. The maximum atomic E-state index is 11.3. The van der Waals surface area contributed by atoms with E-state index >= 15 is 0 Å². The van der Waals surface area contributed by atoms with Crippen LogP contribution in [0.15, 0.2) is 42.5 Å². The van der Waals surface area contributed by atoms with Crippen molar-refractivity contribution in [2.45, 2.75) is 19.9 Å². The van der Waals surface area contributed by atoms with Crippen LogP contribution in [0.2, 0.25) is 5.02 Å². The summed E-state index contributed by atoms with van der Waals surface area (Å²) in [6.07, 6.45) is 0. The molecule has 0 bridgehead atoms. The van der Waals surface area contributed by atoms with Gasteiger partial charge in [0, 0.05) is 23.8 Å². The Morgan fingerprint density at radius 1 is 1.19 bits per heavy atom. The van der Waals surface area contributed by atoms with Crippen molar-refractivity contribution in [2.24, 2.45) is 0 Å². The SMILES string of the molecule is CC(=O)c1ccc(N(C)C(C)c2ccc(Cl)cc2)cc1O. The number of Topliss-reactive ketones (excluding diaryl/α,β-unsaturated/α-hetero) is 1. The Morgan fingerprint density at radius 3 is 2.33 bits per heavy atom. The number of hydrogen-bond donors (Lipinski definition) is 1. The van der Waals surface area contributed by atoms with Crippen LogP contribution < -0.4 is 4.90 Å². The number of carbonyl (C=O) groups excluding carboxylic acids is 1. The van der Waals surface area contributed by atoms with Crippen molar-refractivity contribution < 1.29 is 9.90 Å². The number of rotatable bonds is 4. The van der Waals surface area contributed by atoms with Crippen molar-refractivity contribution in [3.05, 3.63) is 58.6 Å². The van der Waals surface area contributed by atoms with Crippen LogP contribution in [0, 0.1) is 0 Å². The number of aromatic hydroxyl groups is 1. The normalized spacial score (nSPS) is 12.0. The molecule has 0 radical (unpaired) electrons. The van der Waals surface area contributed by atoms with Crippen molar-refractivity contribution >= 4 is 23.1 Å². The third kappa shape index (κ3) is 3.37. The van der Waals surface area contributed by atoms with Gasteiger partial charge in [0.05, 0.1) is 11.6 Å². The minimum absolute atomic E-state index is 0.00940. The summed E-state index contributed by atoms with van der Waals surface area (Å²) < 4.78 is 0. The molecule has 0 saturated heterocycles. The van der Waals surface area contributed by atoms with E-state index in [4.69, 9.17) is 11.6 Å². The lowest BCUT2D eigenvalue weighted by molar-refractivity contribution is 0.101. The quantitative estimate of drug-likeness (QED) is 0.849. The van der Waals surface area contributed by atoms with Crippen molar-refractivity contribution in [3.8, 4) is 5.75 Å². The van der Waals surface area contributed by atoms with Gasteiger partial charge in [0.1, 0.15) is 5.75 Å². The summed E-state index contributed by atoms with van der Waals surface area (Å²) in [4.78, 5) is 13.4. The monoisotopic (exact) mass is 303 g/mol. The van der Waals surface area contributed by atoms with Gasteiger partial charge in [0.25, 0.3) is 0 Å². The van der Waals surface area contributed by atoms with Gasteiger partial charge in [0.2, 0.25) is 0 Å². The van der Waals surface area contributed by atoms with Gasteiger partial charge in [-0.3, -0.25) is 4.79 Å². The summed E-state index contributed by atoms with van der Waals surface area (Å²) in [5.74, 6) is -0.136. The third-order valence-electron chi connectivity index (χ3n) is 3.70. The summed E-state index contributed by atoms with van der Waals surface area (Å²) in [7, 11) is 1.95. The van der Waals surface area contributed by atoms with Crippen molar-refractivity contribution in [3.63, 3.8) is 0 Å². The van der Waals surface area contributed by atoms with Crippen LogP contribution in [0.3, 0.4) is 0 Å². The fourth-order valence-electron chi connectivity index (χ4n) is 2.23. The van der Waals surface area contributed by atoms with E-state index in [0.29, 0.717) is 10.6 Å². The summed E-state index contributed by atoms with van der Waals surface area (Å²) in [6, 6.07) is 12.9. The molecule has 1 unspecified atom stereocenters. The lowest BCUT2D eigenvalue weighted by Crippen LogP contribution is -2.21. The fourth-order valence-corrected chi connectivity index (χ4v) is 2.35. The van der Waals surface area contributed by atoms with E-state index in [1.807, 2.05) is 42.3 Å². The van der Waals surface area contributed by atoms with Gasteiger partial charge < -0.3 is 10.0 Å². The maximum absolute atomic E-state index is 11.3. The molecule has 0 spiro atoms. The number of carbonyl (C=O) groups is 1. The molecule has 21 heavy (non-hydrogen) atoms. The van der Waals surface area contributed by atoms with E-state index < -0.39 is 0 Å². The van der Waals surface area contributed by atoms with Gasteiger partial charge in [-0.05, 0) is 43.7 Å². The number of halogens is 1. The molecule has 0 aliphatic heterocycles. The summed E-state index contributed by atoms with van der Waals surface area (Å²) in [5.41, 5.74) is 2.31. The van der Waals surface area contributed by atoms with E-state index in [1.165, 1.54) is 6.92 Å². The maximum Gasteiger partial charge on any atom is 0.163 e. The van der Waals surface area contributed by atoms with Crippen LogP contribution in [0.25, 0.3) is 0 Å². The van der Waals surface area contributed by atoms with E-state index in [-0.39, 0.29) is 17.6 Å². The molecular formula is C17H18ClNO2. The van der Waals surface area contributed by atoms with E-state index in [2.05, 4.69) is 6.92 Å². The highest BCUT2D eigenvalue weighted by Crippen LogP contribution is 2.30. The van der Waals surface area contributed by atoms with Gasteiger partial charge in [-0.15, -0.1) is 0 Å². The van der Waals surface area contributed by atoms with E-state index in [1.54, 1.807) is 12.1 Å². The zero-order valence-electron chi connectivity index (χ0n) is 12.3. The molecule has 2 aromatic carbocycles. The lowest BCUT2D eigenvalue weighted by Gasteiger charge is -2.27. The standard InChI is InChI=1S/C17H18ClNO2/c1-11(13-4-6-14(18)7-5-13)19(3)15-8-9-16(12(2)20)17(21)10-15/h4-11,21H,1-3H3. The Hall–Kier alpha value is -2.00. The van der Waals surface area contributed by atoms with Crippen LogP contribution in [0.4, 0.5) is 5.69 Å². The average molecular weight is 304 g/mol. The minimum Gasteiger partial charge on any atom is -0.507 e. The summed E-state index contributed by atoms with van der Waals surface area (Å²) in [5, 5.41) is 10.6. The number of benzene rings is 2. The third-order valence-corrected chi connectivity index (χ3v) is 3.95. The van der Waals surface area contributed by atoms with Gasteiger partial charge in [-0.1, -0.05) is 23.7 Å². The van der Waals surface area contributed by atoms with Crippen molar-refractivity contribution in [1.29, 1.82) is 0 Å². The zero-order chi connectivity index (χ0) is 15.6. The zero-order valence-corrected chi connectivity index (χ0v) is 13.1. The van der Waals surface area contributed by atoms with Gasteiger partial charge in [0.15, 0.2) is 5.78 Å². The molecule has 1 atom stereocenters. The first-order chi connectivity index (χ1) is 9.90. The Balaban J connectivity index is 2.27. The van der Waals surface area contributed by atoms with Crippen LogP contribution in [-0.4, -0.2) is 17.9 Å². The van der Waals surface area contributed by atoms with Crippen LogP contribution in [0.5, 0.6) is 5.75 Å². The highest BCUT2D eigenvalue weighted by atomic mass is 35.5. The lowest BCUT2D eigenvalue weighted by atomic mass is 10.1. The second-order valence-electron chi connectivity index (χ2n) is 5.10. The molecule has 0 saturated carbocycles. The first kappa shape index (κ1) is 15.4. The minimum atomic E-state index is -0.146. The van der Waals surface area contributed by atoms with Gasteiger partial charge >= 0.3 is 0 Å². The molecule has 0 aromatic heterocycles. The molecule has 0 aliphatic carbocycles. The molecule has 1 N–H and O–H groups in total. The number of ketones is 1. The largest absolute Gasteiger partial charge is 0.507 e. The Kier molecular flexibility index (Phi) is 4.53. The second kappa shape index (κ2) is 6.19. The first-order valence-corrected chi connectivity index (χ1v) is 7.10. The predicted molar refractivity (Wildman–Crippen MR) is 86.4 cm³/mol. The van der Waals surface area contributed by atoms with Crippen LogP contribution >= 0.6 is 11.6 Å². The van der Waals surface area contributed by atoms with Crippen molar-refractivity contribution in [2.75, 3.05) is 11.9 Å². The molecule has 3 nitrogen and oxygen atoms in total. The molecular weight excluding hydrogens is 286 g/mol. The summed E-state index contributed by atoms with van der Waals surface area (Å²) >= 11 is 5.90. The Labute approximate surface area is 129 Å². The Bertz CT molecular complexity index is 652. The van der Waals surface area contributed by atoms with Gasteiger partial charge in [-0.25, -0.2) is 0 Å².